The smallest absolute Gasteiger partial charge is 0.193 e. The zero-order valence-electron chi connectivity index (χ0n) is 12.5. The Morgan fingerprint density at radius 2 is 1.95 bits per heavy atom. The van der Waals surface area contributed by atoms with Crippen molar-refractivity contribution in [3.63, 3.8) is 0 Å². The quantitative estimate of drug-likeness (QED) is 0.759. The second-order valence-electron chi connectivity index (χ2n) is 5.79. The number of rotatable bonds is 4. The number of nitrogens with zero attached hydrogens (tertiary/aromatic N) is 2. The van der Waals surface area contributed by atoms with Gasteiger partial charge in [-0.05, 0) is 25.0 Å². The van der Waals surface area contributed by atoms with Gasteiger partial charge in [0.2, 0.25) is 0 Å². The van der Waals surface area contributed by atoms with Crippen molar-refractivity contribution in [3.8, 4) is 0 Å². The van der Waals surface area contributed by atoms with Gasteiger partial charge in [-0.3, -0.25) is 4.99 Å². The van der Waals surface area contributed by atoms with Crippen LogP contribution in [-0.4, -0.2) is 42.3 Å². The summed E-state index contributed by atoms with van der Waals surface area (Å²) in [5.74, 6) is 1.07. The van der Waals surface area contributed by atoms with Crippen molar-refractivity contribution in [1.82, 2.24) is 10.2 Å². The maximum atomic E-state index is 4.54. The highest BCUT2D eigenvalue weighted by Gasteiger charge is 2.35. The SMILES string of the molecule is CN1CCN=C1NCC1(Sc2ccccc2)CCCC1.I. The van der Waals surface area contributed by atoms with Gasteiger partial charge >= 0.3 is 0 Å². The van der Waals surface area contributed by atoms with Gasteiger partial charge < -0.3 is 10.2 Å². The Morgan fingerprint density at radius 1 is 1.24 bits per heavy atom. The third-order valence-corrected chi connectivity index (χ3v) is 5.71. The number of hydrogen-bond acceptors (Lipinski definition) is 4. The maximum absolute atomic E-state index is 4.54. The highest BCUT2D eigenvalue weighted by molar-refractivity contribution is 14.0. The molecular formula is C16H24IN3S. The Morgan fingerprint density at radius 3 is 2.57 bits per heavy atom. The van der Waals surface area contributed by atoms with Crippen LogP contribution in [-0.2, 0) is 0 Å². The van der Waals surface area contributed by atoms with Crippen LogP contribution in [0.15, 0.2) is 40.2 Å². The lowest BCUT2D eigenvalue weighted by atomic mass is 10.1. The zero-order valence-corrected chi connectivity index (χ0v) is 15.7. The number of halogens is 1. The molecule has 0 radical (unpaired) electrons. The number of benzene rings is 1. The lowest BCUT2D eigenvalue weighted by molar-refractivity contribution is 0.514. The van der Waals surface area contributed by atoms with Crippen LogP contribution in [0.1, 0.15) is 25.7 Å². The van der Waals surface area contributed by atoms with Crippen LogP contribution in [0.2, 0.25) is 0 Å². The molecule has 0 unspecified atom stereocenters. The van der Waals surface area contributed by atoms with Crippen molar-refractivity contribution in [3.05, 3.63) is 30.3 Å². The van der Waals surface area contributed by atoms with E-state index in [-0.39, 0.29) is 24.0 Å². The fourth-order valence-electron chi connectivity index (χ4n) is 3.04. The highest BCUT2D eigenvalue weighted by Crippen LogP contribution is 2.44. The summed E-state index contributed by atoms with van der Waals surface area (Å²) >= 11 is 2.05. The minimum absolute atomic E-state index is 0. The minimum Gasteiger partial charge on any atom is -0.355 e. The predicted molar refractivity (Wildman–Crippen MR) is 102 cm³/mol. The van der Waals surface area contributed by atoms with Crippen LogP contribution < -0.4 is 5.32 Å². The van der Waals surface area contributed by atoms with Crippen LogP contribution in [0.3, 0.4) is 0 Å². The summed E-state index contributed by atoms with van der Waals surface area (Å²) < 4.78 is 0.341. The van der Waals surface area contributed by atoms with Gasteiger partial charge in [-0.15, -0.1) is 35.7 Å². The molecule has 2 aliphatic rings. The summed E-state index contributed by atoms with van der Waals surface area (Å²) in [6.07, 6.45) is 5.31. The van der Waals surface area contributed by atoms with E-state index < -0.39 is 0 Å². The van der Waals surface area contributed by atoms with Gasteiger partial charge in [-0.25, -0.2) is 0 Å². The molecule has 0 aromatic heterocycles. The molecule has 1 aliphatic heterocycles. The number of nitrogens with one attached hydrogen (secondary N) is 1. The Balaban J connectivity index is 0.00000161. The molecule has 1 saturated carbocycles. The van der Waals surface area contributed by atoms with E-state index in [0.717, 1.165) is 25.6 Å². The molecule has 21 heavy (non-hydrogen) atoms. The topological polar surface area (TPSA) is 27.6 Å². The molecule has 1 fully saturated rings. The van der Waals surface area contributed by atoms with Crippen molar-refractivity contribution in [1.29, 1.82) is 0 Å². The Kier molecular flexibility index (Phi) is 6.22. The zero-order chi connectivity index (χ0) is 13.8. The van der Waals surface area contributed by atoms with Gasteiger partial charge in [0, 0.05) is 29.8 Å². The first-order valence-corrected chi connectivity index (χ1v) is 8.33. The Hall–Kier alpha value is -0.430. The van der Waals surface area contributed by atoms with Crippen LogP contribution in [0.4, 0.5) is 0 Å². The van der Waals surface area contributed by atoms with Crippen LogP contribution in [0.5, 0.6) is 0 Å². The Labute approximate surface area is 149 Å². The molecule has 3 nitrogen and oxygen atoms in total. The third kappa shape index (κ3) is 4.28. The summed E-state index contributed by atoms with van der Waals surface area (Å²) in [5, 5.41) is 3.59. The molecule has 1 aliphatic carbocycles. The van der Waals surface area contributed by atoms with Gasteiger partial charge in [0.05, 0.1) is 6.54 Å². The molecule has 3 rings (SSSR count). The number of hydrogen-bond donors (Lipinski definition) is 1. The van der Waals surface area contributed by atoms with Gasteiger partial charge in [-0.1, -0.05) is 31.0 Å². The van der Waals surface area contributed by atoms with Crippen LogP contribution in [0, 0.1) is 0 Å². The molecule has 0 spiro atoms. The molecule has 0 bridgehead atoms. The molecule has 1 aromatic rings. The normalized spacial score (nSPS) is 20.0. The minimum atomic E-state index is 0. The second-order valence-corrected chi connectivity index (χ2v) is 7.33. The largest absolute Gasteiger partial charge is 0.355 e. The molecule has 0 atom stereocenters. The summed E-state index contributed by atoms with van der Waals surface area (Å²) in [7, 11) is 2.12. The molecule has 5 heteroatoms. The monoisotopic (exact) mass is 417 g/mol. The van der Waals surface area contributed by atoms with Gasteiger partial charge in [-0.2, -0.15) is 0 Å². The van der Waals surface area contributed by atoms with Gasteiger partial charge in [0.15, 0.2) is 5.96 Å². The summed E-state index contributed by atoms with van der Waals surface area (Å²) in [4.78, 5) is 8.14. The van der Waals surface area contributed by atoms with Crippen molar-refractivity contribution < 1.29 is 0 Å². The van der Waals surface area contributed by atoms with Crippen LogP contribution >= 0.6 is 35.7 Å². The third-order valence-electron chi connectivity index (χ3n) is 4.22. The molecule has 0 amide bonds. The highest BCUT2D eigenvalue weighted by atomic mass is 127. The van der Waals surface area contributed by atoms with E-state index in [0.29, 0.717) is 4.75 Å². The standard InChI is InChI=1S/C16H23N3S.HI/c1-19-12-11-17-15(19)18-13-16(9-5-6-10-16)20-14-7-3-2-4-8-14;/h2-4,7-8H,5-6,9-13H2,1H3,(H,17,18);1H. The van der Waals surface area contributed by atoms with Crippen molar-refractivity contribution in [2.45, 2.75) is 35.3 Å². The van der Waals surface area contributed by atoms with Crippen molar-refractivity contribution >= 4 is 41.7 Å². The molecule has 1 aromatic carbocycles. The van der Waals surface area contributed by atoms with E-state index in [1.807, 2.05) is 11.8 Å². The molecule has 1 N–H and O–H groups in total. The fraction of sp³-hybridized carbons (Fsp3) is 0.562. The lowest BCUT2D eigenvalue weighted by Gasteiger charge is -2.30. The molecule has 116 valence electrons. The van der Waals surface area contributed by atoms with E-state index >= 15 is 0 Å². The number of thioether (sulfide) groups is 1. The number of likely N-dealkylation sites (N-methyl/N-ethyl adjacent to an activating group) is 1. The summed E-state index contributed by atoms with van der Waals surface area (Å²) in [6.45, 7) is 2.99. The van der Waals surface area contributed by atoms with E-state index in [1.165, 1.54) is 30.6 Å². The predicted octanol–water partition coefficient (Wildman–Crippen LogP) is 3.60. The average molecular weight is 417 g/mol. The van der Waals surface area contributed by atoms with E-state index in [1.54, 1.807) is 0 Å². The first-order valence-electron chi connectivity index (χ1n) is 7.51. The lowest BCUT2D eigenvalue weighted by Crippen LogP contribution is -2.43. The molecular weight excluding hydrogens is 393 g/mol. The van der Waals surface area contributed by atoms with Gasteiger partial charge in [0.25, 0.3) is 0 Å². The second kappa shape index (κ2) is 7.72. The van der Waals surface area contributed by atoms with Crippen LogP contribution in [0.25, 0.3) is 0 Å². The van der Waals surface area contributed by atoms with E-state index in [2.05, 4.69) is 52.6 Å². The van der Waals surface area contributed by atoms with Crippen molar-refractivity contribution in [2.75, 3.05) is 26.7 Å². The van der Waals surface area contributed by atoms with Crippen molar-refractivity contribution in [2.24, 2.45) is 4.99 Å². The summed E-state index contributed by atoms with van der Waals surface area (Å²) in [6, 6.07) is 10.8. The first kappa shape index (κ1) is 16.9. The maximum Gasteiger partial charge on any atom is 0.193 e. The van der Waals surface area contributed by atoms with E-state index in [9.17, 15) is 0 Å². The summed E-state index contributed by atoms with van der Waals surface area (Å²) in [5.41, 5.74) is 0. The number of aliphatic imine (C=N–C) groups is 1. The fourth-order valence-corrected chi connectivity index (χ4v) is 4.47. The van der Waals surface area contributed by atoms with Gasteiger partial charge in [0.1, 0.15) is 0 Å². The molecule has 1 heterocycles. The Bertz CT molecular complexity index is 472. The average Bonchev–Trinajstić information content (AvgIpc) is 3.08. The van der Waals surface area contributed by atoms with E-state index in [4.69, 9.17) is 0 Å². The molecule has 0 saturated heterocycles. The number of guanidine groups is 1. The first-order chi connectivity index (χ1) is 9.77.